The molecule has 1 aromatic heterocycles. The zero-order valence-electron chi connectivity index (χ0n) is 11.1. The van der Waals surface area contributed by atoms with Crippen LogP contribution in [-0.4, -0.2) is 0 Å². The highest BCUT2D eigenvalue weighted by atomic mass is 79.9. The Labute approximate surface area is 144 Å². The Morgan fingerprint density at radius 2 is 1.90 bits per heavy atom. The molecule has 0 saturated carbocycles. The normalized spacial score (nSPS) is 11.0. The summed E-state index contributed by atoms with van der Waals surface area (Å²) in [5, 5.41) is 1.23. The summed E-state index contributed by atoms with van der Waals surface area (Å²) in [5.74, 6) is 0.830. The molecule has 3 aromatic rings. The molecular formula is C16H13Br2NOS. The fraction of sp³-hybridized carbons (Fsp3) is 0.125. The third-order valence-electron chi connectivity index (χ3n) is 3.23. The minimum Gasteiger partial charge on any atom is -0.488 e. The van der Waals surface area contributed by atoms with Crippen molar-refractivity contribution in [1.82, 2.24) is 0 Å². The standard InChI is InChI=1S/C16H13Br2NOS/c17-10-5-6-14(13(18)7-10)20-9-12-11-3-1-2-4-15(11)21-16(12)8-19/h1-7H,8-9,19H2. The first-order valence-electron chi connectivity index (χ1n) is 6.46. The lowest BCUT2D eigenvalue weighted by Gasteiger charge is -2.09. The van der Waals surface area contributed by atoms with E-state index in [9.17, 15) is 0 Å². The summed E-state index contributed by atoms with van der Waals surface area (Å²) in [5.41, 5.74) is 7.06. The lowest BCUT2D eigenvalue weighted by Crippen LogP contribution is -2.02. The largest absolute Gasteiger partial charge is 0.488 e. The third kappa shape index (κ3) is 3.16. The molecule has 5 heteroatoms. The van der Waals surface area contributed by atoms with Crippen molar-refractivity contribution in [3.05, 3.63) is 61.9 Å². The number of thiophene rings is 1. The van der Waals surface area contributed by atoms with Crippen molar-refractivity contribution < 1.29 is 4.74 Å². The van der Waals surface area contributed by atoms with Crippen LogP contribution in [0.1, 0.15) is 10.4 Å². The topological polar surface area (TPSA) is 35.2 Å². The highest BCUT2D eigenvalue weighted by Gasteiger charge is 2.12. The van der Waals surface area contributed by atoms with E-state index in [2.05, 4.69) is 50.1 Å². The average Bonchev–Trinajstić information content (AvgIpc) is 2.84. The van der Waals surface area contributed by atoms with E-state index >= 15 is 0 Å². The molecule has 0 atom stereocenters. The summed E-state index contributed by atoms with van der Waals surface area (Å²) in [6, 6.07) is 14.2. The van der Waals surface area contributed by atoms with Gasteiger partial charge >= 0.3 is 0 Å². The number of rotatable bonds is 4. The maximum atomic E-state index is 5.97. The SMILES string of the molecule is NCc1sc2ccccc2c1COc1ccc(Br)cc1Br. The highest BCUT2D eigenvalue weighted by Crippen LogP contribution is 2.33. The second-order valence-electron chi connectivity index (χ2n) is 4.57. The molecular weight excluding hydrogens is 414 g/mol. The van der Waals surface area contributed by atoms with Gasteiger partial charge in [0.2, 0.25) is 0 Å². The number of benzene rings is 2. The van der Waals surface area contributed by atoms with Gasteiger partial charge in [-0.3, -0.25) is 0 Å². The van der Waals surface area contributed by atoms with Gasteiger partial charge in [-0.05, 0) is 45.6 Å². The molecule has 2 N–H and O–H groups in total. The van der Waals surface area contributed by atoms with Crippen LogP contribution in [0.25, 0.3) is 10.1 Å². The van der Waals surface area contributed by atoms with Crippen molar-refractivity contribution in [2.24, 2.45) is 5.73 Å². The zero-order valence-corrected chi connectivity index (χ0v) is 15.1. The van der Waals surface area contributed by atoms with Crippen LogP contribution in [0, 0.1) is 0 Å². The molecule has 0 fully saturated rings. The maximum Gasteiger partial charge on any atom is 0.134 e. The molecule has 0 amide bonds. The van der Waals surface area contributed by atoms with Crippen LogP contribution >= 0.6 is 43.2 Å². The minimum atomic E-state index is 0.525. The predicted molar refractivity (Wildman–Crippen MR) is 95.9 cm³/mol. The molecule has 0 aliphatic rings. The first kappa shape index (κ1) is 15.0. The Hall–Kier alpha value is -0.880. The Morgan fingerprint density at radius 3 is 2.67 bits per heavy atom. The van der Waals surface area contributed by atoms with Gasteiger partial charge in [0.15, 0.2) is 0 Å². The Kier molecular flexibility index (Phi) is 4.64. The molecule has 0 aliphatic heterocycles. The van der Waals surface area contributed by atoms with Crippen molar-refractivity contribution in [2.45, 2.75) is 13.2 Å². The second-order valence-corrected chi connectivity index (χ2v) is 7.47. The summed E-state index contributed by atoms with van der Waals surface area (Å²) >= 11 is 8.70. The van der Waals surface area contributed by atoms with Crippen molar-refractivity contribution in [3.8, 4) is 5.75 Å². The first-order valence-corrected chi connectivity index (χ1v) is 8.86. The van der Waals surface area contributed by atoms with Gasteiger partial charge in [-0.1, -0.05) is 34.1 Å². The van der Waals surface area contributed by atoms with Gasteiger partial charge in [0.1, 0.15) is 12.4 Å². The molecule has 0 radical (unpaired) electrons. The number of hydrogen-bond donors (Lipinski definition) is 1. The lowest BCUT2D eigenvalue weighted by atomic mass is 10.1. The van der Waals surface area contributed by atoms with Gasteiger partial charge in [-0.25, -0.2) is 0 Å². The van der Waals surface area contributed by atoms with E-state index in [0.717, 1.165) is 14.7 Å². The zero-order chi connectivity index (χ0) is 14.8. The van der Waals surface area contributed by atoms with Gasteiger partial charge in [-0.15, -0.1) is 11.3 Å². The van der Waals surface area contributed by atoms with E-state index in [4.69, 9.17) is 10.5 Å². The lowest BCUT2D eigenvalue weighted by molar-refractivity contribution is 0.305. The molecule has 2 aromatic carbocycles. The first-order chi connectivity index (χ1) is 10.2. The van der Waals surface area contributed by atoms with E-state index < -0.39 is 0 Å². The number of ether oxygens (including phenoxy) is 1. The van der Waals surface area contributed by atoms with Gasteiger partial charge in [0, 0.05) is 26.2 Å². The van der Waals surface area contributed by atoms with Crippen molar-refractivity contribution in [2.75, 3.05) is 0 Å². The molecule has 0 unspecified atom stereocenters. The maximum absolute atomic E-state index is 5.97. The van der Waals surface area contributed by atoms with Crippen LogP contribution in [0.3, 0.4) is 0 Å². The molecule has 1 heterocycles. The van der Waals surface area contributed by atoms with E-state index in [1.807, 2.05) is 24.3 Å². The fourth-order valence-corrected chi connectivity index (χ4v) is 4.46. The fourth-order valence-electron chi connectivity index (χ4n) is 2.21. The highest BCUT2D eigenvalue weighted by molar-refractivity contribution is 9.11. The molecule has 2 nitrogen and oxygen atoms in total. The van der Waals surface area contributed by atoms with E-state index in [-0.39, 0.29) is 0 Å². The molecule has 0 saturated heterocycles. The van der Waals surface area contributed by atoms with E-state index in [1.165, 1.54) is 20.5 Å². The van der Waals surface area contributed by atoms with Gasteiger partial charge in [-0.2, -0.15) is 0 Å². The summed E-state index contributed by atoms with van der Waals surface area (Å²) < 4.78 is 9.18. The number of hydrogen-bond acceptors (Lipinski definition) is 3. The van der Waals surface area contributed by atoms with Crippen molar-refractivity contribution in [3.63, 3.8) is 0 Å². The van der Waals surface area contributed by atoms with Gasteiger partial charge in [0.05, 0.1) is 4.47 Å². The monoisotopic (exact) mass is 425 g/mol. The Bertz CT molecular complexity index is 785. The van der Waals surface area contributed by atoms with Crippen LogP contribution in [-0.2, 0) is 13.2 Å². The van der Waals surface area contributed by atoms with E-state index in [1.54, 1.807) is 11.3 Å². The predicted octanol–water partition coefficient (Wildman–Crippen LogP) is 5.46. The van der Waals surface area contributed by atoms with E-state index in [0.29, 0.717) is 13.2 Å². The minimum absolute atomic E-state index is 0.525. The molecule has 0 bridgehead atoms. The Morgan fingerprint density at radius 1 is 1.10 bits per heavy atom. The number of nitrogens with two attached hydrogens (primary N) is 1. The van der Waals surface area contributed by atoms with Crippen LogP contribution in [0.15, 0.2) is 51.4 Å². The summed E-state index contributed by atoms with van der Waals surface area (Å²) in [7, 11) is 0. The van der Waals surface area contributed by atoms with Crippen LogP contribution in [0.4, 0.5) is 0 Å². The molecule has 0 aliphatic carbocycles. The number of halogens is 2. The summed E-state index contributed by atoms with van der Waals surface area (Å²) in [4.78, 5) is 1.18. The Balaban J connectivity index is 1.91. The smallest absolute Gasteiger partial charge is 0.134 e. The third-order valence-corrected chi connectivity index (χ3v) is 5.58. The molecule has 108 valence electrons. The molecule has 3 rings (SSSR count). The molecule has 21 heavy (non-hydrogen) atoms. The van der Waals surface area contributed by atoms with Crippen LogP contribution in [0.2, 0.25) is 0 Å². The van der Waals surface area contributed by atoms with Crippen LogP contribution < -0.4 is 10.5 Å². The van der Waals surface area contributed by atoms with Gasteiger partial charge < -0.3 is 10.5 Å². The van der Waals surface area contributed by atoms with Crippen LogP contribution in [0.5, 0.6) is 5.75 Å². The number of fused-ring (bicyclic) bond motifs is 1. The summed E-state index contributed by atoms with van der Waals surface area (Å²) in [6.45, 7) is 1.07. The molecule has 0 spiro atoms. The average molecular weight is 427 g/mol. The van der Waals surface area contributed by atoms with Crippen molar-refractivity contribution in [1.29, 1.82) is 0 Å². The quantitative estimate of drug-likeness (QED) is 0.600. The summed E-state index contributed by atoms with van der Waals surface area (Å²) in [6.07, 6.45) is 0. The second kappa shape index (κ2) is 6.48. The van der Waals surface area contributed by atoms with Gasteiger partial charge in [0.25, 0.3) is 0 Å². The van der Waals surface area contributed by atoms with Crippen molar-refractivity contribution >= 4 is 53.3 Å².